The molecule has 0 aromatic heterocycles. The average Bonchev–Trinajstić information content (AvgIpc) is 2.60. The number of ether oxygens (including phenoxy) is 1. The number of hydrogen-bond acceptors (Lipinski definition) is 6. The average molecular weight is 327 g/mol. The van der Waals surface area contributed by atoms with Crippen molar-refractivity contribution in [2.75, 3.05) is 12.4 Å². The molecule has 0 radical (unpaired) electrons. The van der Waals surface area contributed by atoms with E-state index in [1.807, 2.05) is 0 Å². The van der Waals surface area contributed by atoms with Crippen molar-refractivity contribution in [3.63, 3.8) is 0 Å². The van der Waals surface area contributed by atoms with Crippen LogP contribution in [0.4, 0.5) is 11.4 Å². The van der Waals surface area contributed by atoms with Gasteiger partial charge in [-0.05, 0) is 36.8 Å². The van der Waals surface area contributed by atoms with E-state index in [0.717, 1.165) is 0 Å². The minimum Gasteiger partial charge on any atom is -0.497 e. The molecule has 0 aliphatic heterocycles. The van der Waals surface area contributed by atoms with Crippen LogP contribution in [0.5, 0.6) is 5.75 Å². The number of aliphatic hydroxyl groups excluding tert-OH is 1. The molecule has 24 heavy (non-hydrogen) atoms. The van der Waals surface area contributed by atoms with Crippen LogP contribution in [0.1, 0.15) is 24.2 Å². The van der Waals surface area contributed by atoms with Gasteiger partial charge in [0.2, 0.25) is 0 Å². The summed E-state index contributed by atoms with van der Waals surface area (Å²) < 4.78 is 5.08. The zero-order chi connectivity index (χ0) is 17.7. The van der Waals surface area contributed by atoms with E-state index in [0.29, 0.717) is 17.0 Å². The molecule has 2 aromatic rings. The fourth-order valence-corrected chi connectivity index (χ4v) is 2.31. The van der Waals surface area contributed by atoms with Gasteiger partial charge in [-0.3, -0.25) is 10.1 Å². The van der Waals surface area contributed by atoms with Crippen molar-refractivity contribution in [2.45, 2.75) is 19.1 Å². The van der Waals surface area contributed by atoms with Crippen molar-refractivity contribution in [1.82, 2.24) is 0 Å². The van der Waals surface area contributed by atoms with E-state index in [4.69, 9.17) is 10.00 Å². The highest BCUT2D eigenvalue weighted by atomic mass is 16.6. The molecule has 7 heteroatoms. The van der Waals surface area contributed by atoms with E-state index in [9.17, 15) is 15.2 Å². The number of nitro benzene ring substituents is 1. The van der Waals surface area contributed by atoms with Crippen LogP contribution < -0.4 is 10.1 Å². The molecule has 2 N–H and O–H groups in total. The van der Waals surface area contributed by atoms with Gasteiger partial charge in [0.15, 0.2) is 0 Å². The summed E-state index contributed by atoms with van der Waals surface area (Å²) >= 11 is 0. The normalized spacial score (nSPS) is 12.8. The number of methoxy groups -OCH3 is 1. The third kappa shape index (κ3) is 3.80. The van der Waals surface area contributed by atoms with Crippen molar-refractivity contribution < 1.29 is 14.8 Å². The first-order valence-electron chi connectivity index (χ1n) is 7.23. The lowest BCUT2D eigenvalue weighted by molar-refractivity contribution is -0.385. The summed E-state index contributed by atoms with van der Waals surface area (Å²) in [5.41, 5.74) is 0.956. The first-order valence-corrected chi connectivity index (χ1v) is 7.23. The molecule has 0 bridgehead atoms. The van der Waals surface area contributed by atoms with Crippen LogP contribution in [0.25, 0.3) is 0 Å². The Morgan fingerprint density at radius 1 is 1.29 bits per heavy atom. The number of anilines is 1. The van der Waals surface area contributed by atoms with Crippen molar-refractivity contribution in [2.24, 2.45) is 0 Å². The quantitative estimate of drug-likeness (QED) is 0.623. The molecule has 2 atom stereocenters. The summed E-state index contributed by atoms with van der Waals surface area (Å²) in [6.07, 6.45) is -0.795. The molecule has 0 unspecified atom stereocenters. The van der Waals surface area contributed by atoms with Crippen LogP contribution in [0, 0.1) is 21.4 Å². The number of aliphatic hydroxyl groups is 1. The van der Waals surface area contributed by atoms with Crippen LogP contribution in [-0.4, -0.2) is 23.2 Å². The Morgan fingerprint density at radius 3 is 2.50 bits per heavy atom. The Morgan fingerprint density at radius 2 is 1.96 bits per heavy atom. The van der Waals surface area contributed by atoms with E-state index in [1.54, 1.807) is 44.4 Å². The number of nitro groups is 1. The SMILES string of the molecule is COc1ccc([C@H](O)[C@@H](C)Nc2ccc([N+](=O)[O-])c(C#N)c2)cc1. The Balaban J connectivity index is 2.14. The van der Waals surface area contributed by atoms with Gasteiger partial charge >= 0.3 is 0 Å². The lowest BCUT2D eigenvalue weighted by Gasteiger charge is -2.22. The topological polar surface area (TPSA) is 108 Å². The molecule has 0 saturated carbocycles. The monoisotopic (exact) mass is 327 g/mol. The molecule has 0 fully saturated rings. The fraction of sp³-hybridized carbons (Fsp3) is 0.235. The number of benzene rings is 2. The van der Waals surface area contributed by atoms with Gasteiger partial charge in [0.1, 0.15) is 17.4 Å². The first-order chi connectivity index (χ1) is 11.5. The molecule has 124 valence electrons. The smallest absolute Gasteiger partial charge is 0.287 e. The summed E-state index contributed by atoms with van der Waals surface area (Å²) in [5.74, 6) is 0.695. The predicted octanol–water partition coefficient (Wildman–Crippen LogP) is 3.01. The van der Waals surface area contributed by atoms with Crippen LogP contribution in [0.2, 0.25) is 0 Å². The van der Waals surface area contributed by atoms with Gasteiger partial charge in [0.05, 0.1) is 24.2 Å². The maximum atomic E-state index is 10.8. The molecule has 0 aliphatic carbocycles. The molecular formula is C17H17N3O4. The van der Waals surface area contributed by atoms with Crippen molar-refractivity contribution in [1.29, 1.82) is 5.26 Å². The third-order valence-corrected chi connectivity index (χ3v) is 3.64. The Kier molecular flexibility index (Phi) is 5.35. The highest BCUT2D eigenvalue weighted by Gasteiger charge is 2.18. The van der Waals surface area contributed by atoms with Gasteiger partial charge in [-0.2, -0.15) is 5.26 Å². The van der Waals surface area contributed by atoms with Gasteiger partial charge in [-0.1, -0.05) is 12.1 Å². The van der Waals surface area contributed by atoms with Gasteiger partial charge in [0, 0.05) is 11.8 Å². The summed E-state index contributed by atoms with van der Waals surface area (Å²) in [4.78, 5) is 10.2. The van der Waals surface area contributed by atoms with E-state index in [-0.39, 0.29) is 17.3 Å². The maximum absolute atomic E-state index is 10.8. The molecule has 2 aromatic carbocycles. The number of hydrogen-bond donors (Lipinski definition) is 2. The van der Waals surface area contributed by atoms with Crippen LogP contribution in [-0.2, 0) is 0 Å². The second-order valence-electron chi connectivity index (χ2n) is 5.25. The van der Waals surface area contributed by atoms with Crippen LogP contribution in [0.3, 0.4) is 0 Å². The van der Waals surface area contributed by atoms with E-state index in [1.165, 1.54) is 18.2 Å². The number of nitriles is 1. The highest BCUT2D eigenvalue weighted by molar-refractivity contribution is 5.59. The second-order valence-corrected chi connectivity index (χ2v) is 5.25. The van der Waals surface area contributed by atoms with E-state index < -0.39 is 11.0 Å². The van der Waals surface area contributed by atoms with Gasteiger partial charge in [-0.25, -0.2) is 0 Å². The molecule has 0 saturated heterocycles. The van der Waals surface area contributed by atoms with E-state index >= 15 is 0 Å². The summed E-state index contributed by atoms with van der Waals surface area (Å²) in [7, 11) is 1.57. The summed E-state index contributed by atoms with van der Waals surface area (Å²) in [6.45, 7) is 1.78. The molecule has 0 amide bonds. The number of nitrogens with zero attached hydrogens (tertiary/aromatic N) is 2. The minimum absolute atomic E-state index is 0.0314. The molecule has 0 heterocycles. The van der Waals surface area contributed by atoms with Crippen molar-refractivity contribution in [3.8, 4) is 11.8 Å². The van der Waals surface area contributed by atoms with Crippen molar-refractivity contribution in [3.05, 3.63) is 63.7 Å². The Labute approximate surface area is 139 Å². The summed E-state index contributed by atoms with van der Waals surface area (Å²) in [6, 6.07) is 12.7. The first kappa shape index (κ1) is 17.2. The van der Waals surface area contributed by atoms with Gasteiger partial charge in [0.25, 0.3) is 5.69 Å². The zero-order valence-corrected chi connectivity index (χ0v) is 13.3. The second kappa shape index (κ2) is 7.44. The number of rotatable bonds is 6. The largest absolute Gasteiger partial charge is 0.497 e. The van der Waals surface area contributed by atoms with Crippen LogP contribution in [0.15, 0.2) is 42.5 Å². The molecule has 7 nitrogen and oxygen atoms in total. The lowest BCUT2D eigenvalue weighted by Crippen LogP contribution is -2.24. The Hall–Kier alpha value is -3.11. The standard InChI is InChI=1S/C17H17N3O4/c1-11(17(21)12-3-6-15(24-2)7-4-12)19-14-5-8-16(20(22)23)13(9-14)10-18/h3-9,11,17,19,21H,1-2H3/t11-,17-/m1/s1. The van der Waals surface area contributed by atoms with Gasteiger partial charge < -0.3 is 15.2 Å². The zero-order valence-electron chi connectivity index (χ0n) is 13.3. The van der Waals surface area contributed by atoms with E-state index in [2.05, 4.69) is 5.32 Å². The highest BCUT2D eigenvalue weighted by Crippen LogP contribution is 2.25. The van der Waals surface area contributed by atoms with Crippen LogP contribution >= 0.6 is 0 Å². The molecule has 2 rings (SSSR count). The third-order valence-electron chi connectivity index (χ3n) is 3.64. The van der Waals surface area contributed by atoms with Gasteiger partial charge in [-0.15, -0.1) is 0 Å². The Bertz CT molecular complexity index is 768. The predicted molar refractivity (Wildman–Crippen MR) is 88.8 cm³/mol. The number of nitrogens with one attached hydrogen (secondary N) is 1. The van der Waals surface area contributed by atoms with Crippen molar-refractivity contribution >= 4 is 11.4 Å². The lowest BCUT2D eigenvalue weighted by atomic mass is 10.0. The molecule has 0 spiro atoms. The molecule has 0 aliphatic rings. The fourth-order valence-electron chi connectivity index (χ4n) is 2.31. The minimum atomic E-state index is -0.795. The maximum Gasteiger partial charge on any atom is 0.287 e. The summed E-state index contributed by atoms with van der Waals surface area (Å²) in [5, 5.41) is 33.3. The molecular weight excluding hydrogens is 310 g/mol.